The quantitative estimate of drug-likeness (QED) is 0.415. The fourth-order valence-electron chi connectivity index (χ4n) is 2.99. The number of rotatable bonds is 5. The minimum atomic E-state index is -2.21. The summed E-state index contributed by atoms with van der Waals surface area (Å²) in [7, 11) is -2.21. The fraction of sp³-hybridized carbons (Fsp3) is 0.455. The molecule has 0 aromatic heterocycles. The largest absolute Gasteiger partial charge is 0.543 e. The van der Waals surface area contributed by atoms with Crippen LogP contribution >= 0.6 is 15.9 Å². The second-order valence-electron chi connectivity index (χ2n) is 8.79. The number of nitriles is 1. The van der Waals surface area contributed by atoms with Crippen LogP contribution < -0.4 is 10.2 Å². The lowest BCUT2D eigenvalue weighted by molar-refractivity contribution is -0.139. The predicted octanol–water partition coefficient (Wildman–Crippen LogP) is 5.18. The Kier molecular flexibility index (Phi) is 7.18. The van der Waals surface area contributed by atoms with Crippen LogP contribution in [0, 0.1) is 11.3 Å². The fourth-order valence-corrected chi connectivity index (χ4v) is 4.81. The van der Waals surface area contributed by atoms with Gasteiger partial charge >= 0.3 is 5.97 Å². The third-order valence-electron chi connectivity index (χ3n) is 5.68. The van der Waals surface area contributed by atoms with Gasteiger partial charge in [-0.2, -0.15) is 5.26 Å². The summed E-state index contributed by atoms with van der Waals surface area (Å²) in [6.07, 6.45) is 0. The zero-order valence-corrected chi connectivity index (χ0v) is 21.5. The van der Waals surface area contributed by atoms with Gasteiger partial charge in [-0.3, -0.25) is 0 Å². The summed E-state index contributed by atoms with van der Waals surface area (Å²) in [4.78, 5) is 12.8. The standard InChI is InChI=1S/C22H29BrN2O5Si/c1-8-28-21(27)16-12(2)29-20(25)13(11-24)17(16)18-14(26)9-10-15(19(18)23)30-31(6,7)22(3,4)5/h9-10,17,26H,8,25H2,1-7H3. The van der Waals surface area contributed by atoms with Gasteiger partial charge in [0.05, 0.1) is 22.6 Å². The molecule has 1 aromatic rings. The molecule has 1 aliphatic rings. The normalized spacial score (nSPS) is 17.2. The van der Waals surface area contributed by atoms with Crippen LogP contribution in [-0.2, 0) is 14.3 Å². The van der Waals surface area contributed by atoms with E-state index < -0.39 is 20.2 Å². The molecule has 1 aliphatic heterocycles. The molecule has 168 valence electrons. The number of allylic oxidation sites excluding steroid dienone is 2. The Bertz CT molecular complexity index is 1000. The van der Waals surface area contributed by atoms with Crippen LogP contribution in [-0.4, -0.2) is 26.0 Å². The van der Waals surface area contributed by atoms with Gasteiger partial charge in [-0.25, -0.2) is 4.79 Å². The van der Waals surface area contributed by atoms with E-state index in [9.17, 15) is 15.2 Å². The number of hydrogen-bond acceptors (Lipinski definition) is 7. The van der Waals surface area contributed by atoms with Gasteiger partial charge < -0.3 is 24.7 Å². The summed E-state index contributed by atoms with van der Waals surface area (Å²) in [6, 6.07) is 5.18. The first kappa shape index (κ1) is 24.8. The molecule has 0 fully saturated rings. The van der Waals surface area contributed by atoms with E-state index >= 15 is 0 Å². The maximum atomic E-state index is 12.8. The van der Waals surface area contributed by atoms with Gasteiger partial charge in [-0.05, 0) is 60.0 Å². The zero-order valence-electron chi connectivity index (χ0n) is 18.9. The number of hydrogen-bond donors (Lipinski definition) is 2. The Morgan fingerprint density at radius 1 is 1.39 bits per heavy atom. The van der Waals surface area contributed by atoms with Crippen LogP contribution in [0.4, 0.5) is 0 Å². The zero-order chi connectivity index (χ0) is 23.7. The maximum absolute atomic E-state index is 12.8. The Balaban J connectivity index is 2.75. The second kappa shape index (κ2) is 8.97. The molecule has 2 rings (SSSR count). The molecule has 3 N–H and O–H groups in total. The molecule has 0 saturated heterocycles. The summed E-state index contributed by atoms with van der Waals surface area (Å²) in [6.45, 7) is 14.0. The average Bonchev–Trinajstić information content (AvgIpc) is 2.63. The molecule has 0 saturated carbocycles. The van der Waals surface area contributed by atoms with Crippen molar-refractivity contribution in [3.8, 4) is 17.6 Å². The SMILES string of the molecule is CCOC(=O)C1=C(C)OC(N)=C(C#N)C1c1c(O)ccc(O[Si](C)(C)C(C)(C)C)c1Br. The lowest BCUT2D eigenvalue weighted by Gasteiger charge is -2.37. The number of nitrogens with zero attached hydrogens (tertiary/aromatic N) is 1. The molecule has 31 heavy (non-hydrogen) atoms. The lowest BCUT2D eigenvalue weighted by Crippen LogP contribution is -2.44. The highest BCUT2D eigenvalue weighted by atomic mass is 79.9. The van der Waals surface area contributed by atoms with Crippen molar-refractivity contribution in [2.45, 2.75) is 58.7 Å². The highest BCUT2D eigenvalue weighted by molar-refractivity contribution is 9.10. The third kappa shape index (κ3) is 4.75. The first-order valence-electron chi connectivity index (χ1n) is 9.92. The van der Waals surface area contributed by atoms with Gasteiger partial charge in [0.2, 0.25) is 5.88 Å². The van der Waals surface area contributed by atoms with E-state index in [1.807, 2.05) is 6.07 Å². The van der Waals surface area contributed by atoms with E-state index in [1.165, 1.54) is 6.07 Å². The number of carbonyl (C=O) groups excluding carboxylic acids is 1. The van der Waals surface area contributed by atoms with Gasteiger partial charge in [0.25, 0.3) is 8.32 Å². The molecule has 0 bridgehead atoms. The van der Waals surface area contributed by atoms with Crippen molar-refractivity contribution in [3.63, 3.8) is 0 Å². The van der Waals surface area contributed by atoms with E-state index in [1.54, 1.807) is 19.9 Å². The number of aromatic hydroxyl groups is 1. The number of nitrogens with two attached hydrogens (primary N) is 1. The van der Waals surface area contributed by atoms with Gasteiger partial charge in [-0.15, -0.1) is 0 Å². The van der Waals surface area contributed by atoms with Crippen molar-refractivity contribution in [2.24, 2.45) is 5.73 Å². The highest BCUT2D eigenvalue weighted by Crippen LogP contribution is 2.49. The molecular formula is C22H29BrN2O5Si. The van der Waals surface area contributed by atoms with E-state index in [0.717, 1.165) is 0 Å². The minimum absolute atomic E-state index is 0.00845. The highest BCUT2D eigenvalue weighted by Gasteiger charge is 2.42. The van der Waals surface area contributed by atoms with Crippen molar-refractivity contribution >= 4 is 30.2 Å². The third-order valence-corrected chi connectivity index (χ3v) is 10.8. The van der Waals surface area contributed by atoms with Crippen LogP contribution in [0.5, 0.6) is 11.5 Å². The topological polar surface area (TPSA) is 115 Å². The van der Waals surface area contributed by atoms with Crippen molar-refractivity contribution in [1.82, 2.24) is 0 Å². The Labute approximate surface area is 192 Å². The van der Waals surface area contributed by atoms with Crippen LogP contribution in [0.25, 0.3) is 0 Å². The molecule has 1 atom stereocenters. The molecule has 0 radical (unpaired) electrons. The van der Waals surface area contributed by atoms with E-state index in [2.05, 4.69) is 49.8 Å². The molecule has 0 aliphatic carbocycles. The number of esters is 1. The van der Waals surface area contributed by atoms with Gasteiger partial charge in [-0.1, -0.05) is 20.8 Å². The summed E-state index contributed by atoms with van der Waals surface area (Å²) in [5.74, 6) is -1.14. The lowest BCUT2D eigenvalue weighted by atomic mass is 9.82. The van der Waals surface area contributed by atoms with Crippen LogP contribution in [0.15, 0.2) is 39.4 Å². The number of benzene rings is 1. The summed E-state index contributed by atoms with van der Waals surface area (Å²) >= 11 is 3.55. The van der Waals surface area contributed by atoms with Crippen LogP contribution in [0.2, 0.25) is 18.1 Å². The first-order valence-corrected chi connectivity index (χ1v) is 13.6. The van der Waals surface area contributed by atoms with Crippen molar-refractivity contribution in [2.75, 3.05) is 6.61 Å². The van der Waals surface area contributed by atoms with Crippen molar-refractivity contribution < 1.29 is 23.8 Å². The first-order chi connectivity index (χ1) is 14.3. The minimum Gasteiger partial charge on any atom is -0.543 e. The number of halogens is 1. The summed E-state index contributed by atoms with van der Waals surface area (Å²) in [5.41, 5.74) is 6.37. The molecule has 0 amide bonds. The number of ether oxygens (including phenoxy) is 2. The Morgan fingerprint density at radius 3 is 2.52 bits per heavy atom. The van der Waals surface area contributed by atoms with Gasteiger partial charge in [0.15, 0.2) is 0 Å². The molecule has 9 heteroatoms. The molecule has 1 heterocycles. The average molecular weight is 509 g/mol. The van der Waals surface area contributed by atoms with E-state index in [-0.39, 0.29) is 40.2 Å². The van der Waals surface area contributed by atoms with Crippen LogP contribution in [0.3, 0.4) is 0 Å². The second-order valence-corrected chi connectivity index (χ2v) is 14.3. The Morgan fingerprint density at radius 2 is 2.00 bits per heavy atom. The van der Waals surface area contributed by atoms with Crippen molar-refractivity contribution in [3.05, 3.63) is 45.0 Å². The molecule has 1 aromatic carbocycles. The predicted molar refractivity (Wildman–Crippen MR) is 124 cm³/mol. The Hall–Kier alpha value is -2.44. The number of carbonyl (C=O) groups is 1. The molecule has 1 unspecified atom stereocenters. The number of phenols is 1. The number of phenolic OH excluding ortho intramolecular Hbond substituents is 1. The summed E-state index contributed by atoms with van der Waals surface area (Å²) < 4.78 is 17.5. The molecular weight excluding hydrogens is 480 g/mol. The monoisotopic (exact) mass is 508 g/mol. The van der Waals surface area contributed by atoms with Gasteiger partial charge in [0, 0.05) is 5.56 Å². The van der Waals surface area contributed by atoms with E-state index in [4.69, 9.17) is 19.6 Å². The molecule has 0 spiro atoms. The maximum Gasteiger partial charge on any atom is 0.338 e. The smallest absolute Gasteiger partial charge is 0.338 e. The van der Waals surface area contributed by atoms with E-state index in [0.29, 0.717) is 15.8 Å². The molecule has 7 nitrogen and oxygen atoms in total. The summed E-state index contributed by atoms with van der Waals surface area (Å²) in [5, 5.41) is 20.5. The van der Waals surface area contributed by atoms with Crippen molar-refractivity contribution in [1.29, 1.82) is 5.26 Å². The van der Waals surface area contributed by atoms with Crippen LogP contribution in [0.1, 0.15) is 46.1 Å². The van der Waals surface area contributed by atoms with Gasteiger partial charge in [0.1, 0.15) is 28.9 Å².